The first-order chi connectivity index (χ1) is 8.19. The molecule has 0 amide bonds. The highest BCUT2D eigenvalue weighted by atomic mass is 32.1. The third-order valence-corrected chi connectivity index (χ3v) is 3.19. The summed E-state index contributed by atoms with van der Waals surface area (Å²) in [6.45, 7) is 0. The largest absolute Gasteiger partial charge is 0.465 e. The van der Waals surface area contributed by atoms with Crippen molar-refractivity contribution >= 4 is 17.3 Å². The Kier molecular flexibility index (Phi) is 3.49. The molecule has 0 spiro atoms. The smallest absolute Gasteiger partial charge is 0.349 e. The molecule has 88 valence electrons. The van der Waals surface area contributed by atoms with Crippen molar-refractivity contribution in [1.82, 2.24) is 4.98 Å². The van der Waals surface area contributed by atoms with Gasteiger partial charge in [0.15, 0.2) is 0 Å². The second-order valence-corrected chi connectivity index (χ2v) is 4.53. The Bertz CT molecular complexity index is 522. The van der Waals surface area contributed by atoms with Gasteiger partial charge in [0.2, 0.25) is 0 Å². The number of carbonyl (C=O) groups is 1. The number of rotatable bonds is 3. The fourth-order valence-corrected chi connectivity index (χ4v) is 2.23. The predicted octanol–water partition coefficient (Wildman–Crippen LogP) is 2.66. The number of hydrogen-bond acceptors (Lipinski definition) is 4. The van der Waals surface area contributed by atoms with Crippen LogP contribution in [0.25, 0.3) is 0 Å². The zero-order valence-corrected chi connectivity index (χ0v) is 9.96. The molecule has 0 saturated heterocycles. The van der Waals surface area contributed by atoms with Crippen LogP contribution in [0.1, 0.15) is 20.2 Å². The van der Waals surface area contributed by atoms with Crippen LogP contribution >= 0.6 is 11.3 Å². The van der Waals surface area contributed by atoms with E-state index in [0.717, 1.165) is 10.6 Å². The molecule has 5 heteroatoms. The molecule has 2 rings (SSSR count). The summed E-state index contributed by atoms with van der Waals surface area (Å²) in [6, 6.07) is 6.22. The van der Waals surface area contributed by atoms with Gasteiger partial charge in [-0.1, -0.05) is 12.1 Å². The van der Waals surface area contributed by atoms with Crippen LogP contribution in [-0.4, -0.2) is 18.1 Å². The number of ether oxygens (including phenoxy) is 1. The van der Waals surface area contributed by atoms with E-state index in [0.29, 0.717) is 11.3 Å². The Morgan fingerprint density at radius 1 is 1.41 bits per heavy atom. The van der Waals surface area contributed by atoms with Gasteiger partial charge in [-0.25, -0.2) is 14.2 Å². The lowest BCUT2D eigenvalue weighted by Crippen LogP contribution is -1.96. The number of nitrogens with zero attached hydrogens (tertiary/aromatic N) is 1. The summed E-state index contributed by atoms with van der Waals surface area (Å²) < 4.78 is 17.3. The highest BCUT2D eigenvalue weighted by Crippen LogP contribution is 2.17. The van der Waals surface area contributed by atoms with Crippen LogP contribution in [0.3, 0.4) is 0 Å². The van der Waals surface area contributed by atoms with Gasteiger partial charge in [-0.2, -0.15) is 0 Å². The van der Waals surface area contributed by atoms with Crippen molar-refractivity contribution < 1.29 is 13.9 Å². The van der Waals surface area contributed by atoms with E-state index in [4.69, 9.17) is 0 Å². The highest BCUT2D eigenvalue weighted by molar-refractivity contribution is 7.13. The predicted molar refractivity (Wildman–Crippen MR) is 62.7 cm³/mol. The van der Waals surface area contributed by atoms with Crippen LogP contribution in [0.5, 0.6) is 0 Å². The van der Waals surface area contributed by atoms with Gasteiger partial charge in [0.1, 0.15) is 10.7 Å². The van der Waals surface area contributed by atoms with Crippen molar-refractivity contribution in [2.24, 2.45) is 0 Å². The number of methoxy groups -OCH3 is 1. The molecule has 0 unspecified atom stereocenters. The number of hydrogen-bond donors (Lipinski definition) is 0. The van der Waals surface area contributed by atoms with Crippen molar-refractivity contribution in [3.8, 4) is 0 Å². The van der Waals surface area contributed by atoms with E-state index < -0.39 is 0 Å². The molecule has 3 nitrogen and oxygen atoms in total. The number of esters is 1. The van der Waals surface area contributed by atoms with Gasteiger partial charge in [0.05, 0.1) is 18.3 Å². The normalized spacial score (nSPS) is 10.2. The van der Waals surface area contributed by atoms with Crippen molar-refractivity contribution in [2.45, 2.75) is 6.42 Å². The Hall–Kier alpha value is -1.75. The first-order valence-electron chi connectivity index (χ1n) is 4.96. The number of benzene rings is 1. The van der Waals surface area contributed by atoms with Gasteiger partial charge in [-0.05, 0) is 17.7 Å². The second-order valence-electron chi connectivity index (χ2n) is 3.41. The maximum Gasteiger partial charge on any atom is 0.349 e. The van der Waals surface area contributed by atoms with E-state index in [1.54, 1.807) is 12.1 Å². The lowest BCUT2D eigenvalue weighted by atomic mass is 10.2. The summed E-state index contributed by atoms with van der Waals surface area (Å²) >= 11 is 1.29. The van der Waals surface area contributed by atoms with Crippen LogP contribution < -0.4 is 0 Å². The molecule has 0 atom stereocenters. The Balaban J connectivity index is 2.11. The summed E-state index contributed by atoms with van der Waals surface area (Å²) in [5, 5.41) is 0.803. The molecule has 1 heterocycles. The molecule has 0 aliphatic carbocycles. The molecule has 0 N–H and O–H groups in total. The van der Waals surface area contributed by atoms with Crippen LogP contribution in [-0.2, 0) is 11.2 Å². The molecule has 0 saturated carbocycles. The maximum atomic E-state index is 12.7. The van der Waals surface area contributed by atoms with Gasteiger partial charge in [-0.15, -0.1) is 11.3 Å². The van der Waals surface area contributed by atoms with Crippen molar-refractivity contribution in [2.75, 3.05) is 7.11 Å². The Morgan fingerprint density at radius 2 is 2.12 bits per heavy atom. The van der Waals surface area contributed by atoms with Gasteiger partial charge in [0.25, 0.3) is 0 Å². The molecule has 0 bridgehead atoms. The van der Waals surface area contributed by atoms with Gasteiger partial charge in [-0.3, -0.25) is 0 Å². The Morgan fingerprint density at radius 3 is 2.76 bits per heavy atom. The van der Waals surface area contributed by atoms with E-state index in [1.807, 2.05) is 0 Å². The molecular weight excluding hydrogens is 241 g/mol. The minimum atomic E-state index is -0.382. The molecular formula is C12H10FNO2S. The van der Waals surface area contributed by atoms with Crippen molar-refractivity contribution in [1.29, 1.82) is 0 Å². The lowest BCUT2D eigenvalue weighted by Gasteiger charge is -1.97. The summed E-state index contributed by atoms with van der Waals surface area (Å²) in [5.41, 5.74) is 0.956. The number of halogens is 1. The lowest BCUT2D eigenvalue weighted by molar-refractivity contribution is 0.0606. The van der Waals surface area contributed by atoms with E-state index >= 15 is 0 Å². The molecule has 17 heavy (non-hydrogen) atoms. The minimum Gasteiger partial charge on any atom is -0.465 e. The first kappa shape index (κ1) is 11.7. The first-order valence-corrected chi connectivity index (χ1v) is 5.78. The molecule has 0 aliphatic rings. The fourth-order valence-electron chi connectivity index (χ4n) is 1.36. The van der Waals surface area contributed by atoms with Crippen molar-refractivity contribution in [3.63, 3.8) is 0 Å². The zero-order valence-electron chi connectivity index (χ0n) is 9.14. The molecule has 1 aromatic heterocycles. The standard InChI is InChI=1S/C12H10FNO2S/c1-16-12(15)10-7-14-11(17-10)6-8-2-4-9(13)5-3-8/h2-5,7H,6H2,1H3. The quantitative estimate of drug-likeness (QED) is 0.787. The minimum absolute atomic E-state index is 0.261. The SMILES string of the molecule is COC(=O)c1cnc(Cc2ccc(F)cc2)s1. The van der Waals surface area contributed by atoms with Gasteiger partial charge >= 0.3 is 5.97 Å². The third kappa shape index (κ3) is 2.88. The average molecular weight is 251 g/mol. The van der Waals surface area contributed by atoms with E-state index in [2.05, 4.69) is 9.72 Å². The average Bonchev–Trinajstić information content (AvgIpc) is 2.80. The fraction of sp³-hybridized carbons (Fsp3) is 0.167. The summed E-state index contributed by atoms with van der Waals surface area (Å²) in [4.78, 5) is 15.8. The molecule has 2 aromatic rings. The van der Waals surface area contributed by atoms with Crippen LogP contribution in [0.2, 0.25) is 0 Å². The Labute approximate surface area is 102 Å². The topological polar surface area (TPSA) is 39.2 Å². The summed E-state index contributed by atoms with van der Waals surface area (Å²) in [5.74, 6) is -0.643. The third-order valence-electron chi connectivity index (χ3n) is 2.21. The summed E-state index contributed by atoms with van der Waals surface area (Å²) in [6.07, 6.45) is 2.08. The van der Waals surface area contributed by atoms with Crippen LogP contribution in [0.15, 0.2) is 30.5 Å². The zero-order chi connectivity index (χ0) is 12.3. The highest BCUT2D eigenvalue weighted by Gasteiger charge is 2.10. The van der Waals surface area contributed by atoms with E-state index in [9.17, 15) is 9.18 Å². The van der Waals surface area contributed by atoms with Crippen LogP contribution in [0.4, 0.5) is 4.39 Å². The summed E-state index contributed by atoms with van der Waals surface area (Å²) in [7, 11) is 1.34. The van der Waals surface area contributed by atoms with E-state index in [1.165, 1.54) is 36.8 Å². The molecule has 0 aliphatic heterocycles. The van der Waals surface area contributed by atoms with Gasteiger partial charge < -0.3 is 4.74 Å². The van der Waals surface area contributed by atoms with Crippen LogP contribution in [0, 0.1) is 5.82 Å². The van der Waals surface area contributed by atoms with Crippen molar-refractivity contribution in [3.05, 3.63) is 51.7 Å². The second kappa shape index (κ2) is 5.05. The molecule has 0 radical (unpaired) electrons. The van der Waals surface area contributed by atoms with E-state index in [-0.39, 0.29) is 11.8 Å². The monoisotopic (exact) mass is 251 g/mol. The van der Waals surface area contributed by atoms with Gasteiger partial charge in [0, 0.05) is 6.42 Å². The maximum absolute atomic E-state index is 12.7. The number of aromatic nitrogens is 1. The molecule has 0 fully saturated rings. The number of thiazole rings is 1. The number of carbonyl (C=O) groups excluding carboxylic acids is 1. The molecule has 1 aromatic carbocycles.